The molecule has 0 aromatic heterocycles. The van der Waals surface area contributed by atoms with Crippen LogP contribution in [0.4, 0.5) is 0 Å². The number of carbonyl (C=O) groups excluding carboxylic acids is 1. The number of nitrogens with one attached hydrogen (secondary N) is 1. The van der Waals surface area contributed by atoms with Gasteiger partial charge < -0.3 is 10.2 Å². The summed E-state index contributed by atoms with van der Waals surface area (Å²) >= 11 is 12.3. The Morgan fingerprint density at radius 2 is 1.96 bits per heavy atom. The summed E-state index contributed by atoms with van der Waals surface area (Å²) in [6.07, 6.45) is 4.31. The van der Waals surface area contributed by atoms with Gasteiger partial charge in [-0.3, -0.25) is 4.79 Å². The first-order valence-electron chi connectivity index (χ1n) is 8.13. The number of hydrogen-bond acceptors (Lipinski definition) is 2. The molecule has 3 aliphatic rings. The monoisotopic (exact) mass is 374 g/mol. The van der Waals surface area contributed by atoms with Gasteiger partial charge in [-0.1, -0.05) is 29.3 Å². The number of hydrogen-bond donors (Lipinski definition) is 1. The normalized spacial score (nSPS) is 32.2. The number of carbonyl (C=O) groups is 1. The first kappa shape index (κ1) is 17.3. The predicted molar refractivity (Wildman–Crippen MR) is 95.7 cm³/mol. The second-order valence-corrected chi connectivity index (χ2v) is 7.58. The first-order chi connectivity index (χ1) is 10.6. The highest BCUT2D eigenvalue weighted by Crippen LogP contribution is 2.51. The zero-order chi connectivity index (χ0) is 15.3. The molecule has 4 atom stereocenters. The van der Waals surface area contributed by atoms with Crippen LogP contribution < -0.4 is 5.32 Å². The molecular weight excluding hydrogens is 355 g/mol. The minimum absolute atomic E-state index is 0. The van der Waals surface area contributed by atoms with E-state index in [0.717, 1.165) is 44.3 Å². The molecule has 6 heteroatoms. The van der Waals surface area contributed by atoms with E-state index in [1.807, 2.05) is 12.1 Å². The summed E-state index contributed by atoms with van der Waals surface area (Å²) in [4.78, 5) is 15.2. The van der Waals surface area contributed by atoms with Gasteiger partial charge in [0.15, 0.2) is 0 Å². The molecule has 2 heterocycles. The van der Waals surface area contributed by atoms with Crippen molar-refractivity contribution in [3.63, 3.8) is 0 Å². The van der Waals surface area contributed by atoms with Crippen molar-refractivity contribution in [2.24, 2.45) is 5.92 Å². The number of halogens is 3. The first-order valence-corrected chi connectivity index (χ1v) is 8.88. The van der Waals surface area contributed by atoms with Crippen molar-refractivity contribution in [2.45, 2.75) is 43.7 Å². The Labute approximate surface area is 153 Å². The summed E-state index contributed by atoms with van der Waals surface area (Å²) in [5, 5.41) is 4.79. The Morgan fingerprint density at radius 1 is 1.17 bits per heavy atom. The molecular formula is C17H21Cl3N2O. The van der Waals surface area contributed by atoms with Gasteiger partial charge >= 0.3 is 0 Å². The van der Waals surface area contributed by atoms with Gasteiger partial charge in [0, 0.05) is 34.6 Å². The highest BCUT2D eigenvalue weighted by atomic mass is 35.5. The number of fused-ring (bicyclic) bond motifs is 2. The van der Waals surface area contributed by atoms with Crippen LogP contribution in [0.2, 0.25) is 10.0 Å². The highest BCUT2D eigenvalue weighted by molar-refractivity contribution is 6.35. The van der Waals surface area contributed by atoms with E-state index in [4.69, 9.17) is 23.2 Å². The molecule has 23 heavy (non-hydrogen) atoms. The minimum atomic E-state index is 0. The lowest BCUT2D eigenvalue weighted by Gasteiger charge is -2.28. The van der Waals surface area contributed by atoms with E-state index in [-0.39, 0.29) is 24.2 Å². The molecule has 2 bridgehead atoms. The summed E-state index contributed by atoms with van der Waals surface area (Å²) in [6, 6.07) is 6.44. The molecule has 2 aliphatic heterocycles. The zero-order valence-electron chi connectivity index (χ0n) is 12.8. The van der Waals surface area contributed by atoms with Crippen LogP contribution in [0, 0.1) is 5.92 Å². The van der Waals surface area contributed by atoms with Crippen LogP contribution in [0.3, 0.4) is 0 Å². The quantitative estimate of drug-likeness (QED) is 0.851. The fourth-order valence-corrected chi connectivity index (χ4v) is 4.70. The lowest BCUT2D eigenvalue weighted by atomic mass is 10.1. The molecule has 0 radical (unpaired) electrons. The van der Waals surface area contributed by atoms with Gasteiger partial charge in [0.25, 0.3) is 0 Å². The van der Waals surface area contributed by atoms with Gasteiger partial charge in [0.1, 0.15) is 0 Å². The average molecular weight is 376 g/mol. The molecule has 1 aromatic carbocycles. The van der Waals surface area contributed by atoms with E-state index in [9.17, 15) is 4.79 Å². The summed E-state index contributed by atoms with van der Waals surface area (Å²) in [5.74, 6) is 0.722. The molecule has 0 spiro atoms. The van der Waals surface area contributed by atoms with Gasteiger partial charge in [0.2, 0.25) is 5.91 Å². The number of nitrogens with zero attached hydrogens (tertiary/aromatic N) is 1. The summed E-state index contributed by atoms with van der Waals surface area (Å²) in [5.41, 5.74) is 1.07. The molecule has 1 amide bonds. The second kappa shape index (κ2) is 6.79. The Hall–Kier alpha value is -0.480. The number of amides is 1. The third-order valence-electron chi connectivity index (χ3n) is 5.38. The molecule has 1 aliphatic carbocycles. The predicted octanol–water partition coefficient (Wildman–Crippen LogP) is 3.87. The number of rotatable bonds is 2. The summed E-state index contributed by atoms with van der Waals surface area (Å²) < 4.78 is 0. The Kier molecular flexibility index (Phi) is 5.12. The van der Waals surface area contributed by atoms with Crippen molar-refractivity contribution in [1.82, 2.24) is 10.2 Å². The minimum Gasteiger partial charge on any atom is -0.335 e. The van der Waals surface area contributed by atoms with Gasteiger partial charge in [-0.25, -0.2) is 0 Å². The zero-order valence-corrected chi connectivity index (χ0v) is 15.1. The van der Waals surface area contributed by atoms with Gasteiger partial charge in [-0.05, 0) is 55.8 Å². The van der Waals surface area contributed by atoms with Crippen molar-refractivity contribution in [3.05, 3.63) is 33.8 Å². The Balaban J connectivity index is 0.00000156. The maximum atomic E-state index is 13.0. The van der Waals surface area contributed by atoms with E-state index in [1.165, 1.54) is 0 Å². The third-order valence-corrected chi connectivity index (χ3v) is 5.94. The maximum absolute atomic E-state index is 13.0. The average Bonchev–Trinajstić information content (AvgIpc) is 3.18. The molecule has 1 N–H and O–H groups in total. The van der Waals surface area contributed by atoms with Crippen molar-refractivity contribution in [1.29, 1.82) is 0 Å². The molecule has 3 nitrogen and oxygen atoms in total. The van der Waals surface area contributed by atoms with Crippen LogP contribution in [0.15, 0.2) is 18.2 Å². The summed E-state index contributed by atoms with van der Waals surface area (Å²) in [7, 11) is 0. The smallest absolute Gasteiger partial charge is 0.226 e. The van der Waals surface area contributed by atoms with Crippen LogP contribution in [-0.2, 0) is 4.79 Å². The molecule has 126 valence electrons. The lowest BCUT2D eigenvalue weighted by molar-refractivity contribution is -0.135. The second-order valence-electron chi connectivity index (χ2n) is 6.74. The van der Waals surface area contributed by atoms with Crippen molar-refractivity contribution >= 4 is 41.5 Å². The van der Waals surface area contributed by atoms with Crippen LogP contribution in [0.25, 0.3) is 0 Å². The van der Waals surface area contributed by atoms with E-state index in [1.54, 1.807) is 6.07 Å². The SMILES string of the molecule is Cl.O=C(C1CC1c1ccc(Cl)cc1Cl)N1C2CCNCC1CC2. The lowest BCUT2D eigenvalue weighted by Crippen LogP contribution is -2.43. The van der Waals surface area contributed by atoms with Crippen LogP contribution >= 0.6 is 35.6 Å². The van der Waals surface area contributed by atoms with E-state index in [2.05, 4.69) is 10.2 Å². The van der Waals surface area contributed by atoms with Crippen molar-refractivity contribution in [2.75, 3.05) is 13.1 Å². The van der Waals surface area contributed by atoms with Crippen molar-refractivity contribution < 1.29 is 4.79 Å². The van der Waals surface area contributed by atoms with E-state index in [0.29, 0.717) is 28.0 Å². The van der Waals surface area contributed by atoms with E-state index < -0.39 is 0 Å². The maximum Gasteiger partial charge on any atom is 0.226 e. The van der Waals surface area contributed by atoms with Crippen molar-refractivity contribution in [3.8, 4) is 0 Å². The molecule has 1 saturated carbocycles. The summed E-state index contributed by atoms with van der Waals surface area (Å²) in [6.45, 7) is 1.98. The molecule has 4 unspecified atom stereocenters. The topological polar surface area (TPSA) is 32.3 Å². The van der Waals surface area contributed by atoms with E-state index >= 15 is 0 Å². The molecule has 1 aromatic rings. The number of benzene rings is 1. The molecule has 4 rings (SSSR count). The molecule has 3 fully saturated rings. The molecule has 2 saturated heterocycles. The van der Waals surface area contributed by atoms with Crippen LogP contribution in [0.5, 0.6) is 0 Å². The highest BCUT2D eigenvalue weighted by Gasteiger charge is 2.50. The Bertz CT molecular complexity index is 596. The fourth-order valence-electron chi connectivity index (χ4n) is 4.15. The van der Waals surface area contributed by atoms with Crippen LogP contribution in [0.1, 0.15) is 37.2 Å². The third kappa shape index (κ3) is 3.21. The Morgan fingerprint density at radius 3 is 2.74 bits per heavy atom. The van der Waals surface area contributed by atoms with Gasteiger partial charge in [-0.15, -0.1) is 12.4 Å². The van der Waals surface area contributed by atoms with Gasteiger partial charge in [0.05, 0.1) is 0 Å². The standard InChI is InChI=1S/C17H20Cl2N2O.ClH/c18-10-1-4-13(16(19)7-10)14-8-15(14)17(22)21-11-2-3-12(21)9-20-6-5-11;/h1,4,7,11-12,14-15,20H,2-3,5-6,8-9H2;1H. The van der Waals surface area contributed by atoms with Crippen LogP contribution in [-0.4, -0.2) is 36.0 Å². The fraction of sp³-hybridized carbons (Fsp3) is 0.588. The largest absolute Gasteiger partial charge is 0.335 e. The van der Waals surface area contributed by atoms with Gasteiger partial charge in [-0.2, -0.15) is 0 Å².